The van der Waals surface area contributed by atoms with Gasteiger partial charge in [-0.25, -0.2) is 0 Å². The molecule has 0 radical (unpaired) electrons. The van der Waals surface area contributed by atoms with E-state index >= 15 is 0 Å². The Morgan fingerprint density at radius 1 is 1.53 bits per heavy atom. The Morgan fingerprint density at radius 2 is 2.24 bits per heavy atom. The largest absolute Gasteiger partial charge is 0.466 e. The van der Waals surface area contributed by atoms with Gasteiger partial charge in [-0.15, -0.1) is 0 Å². The number of ether oxygens (including phenoxy) is 3. The van der Waals surface area contributed by atoms with Gasteiger partial charge in [0, 0.05) is 25.4 Å². The first-order chi connectivity index (χ1) is 8.17. The van der Waals surface area contributed by atoms with Crippen molar-refractivity contribution in [3.63, 3.8) is 0 Å². The van der Waals surface area contributed by atoms with Crippen LogP contribution in [0.2, 0.25) is 0 Å². The molecule has 0 aromatic rings. The third kappa shape index (κ3) is 2.78. The summed E-state index contributed by atoms with van der Waals surface area (Å²) >= 11 is 0. The van der Waals surface area contributed by atoms with Crippen molar-refractivity contribution in [2.75, 3.05) is 26.4 Å². The van der Waals surface area contributed by atoms with Gasteiger partial charge in [0.25, 0.3) is 0 Å². The first-order valence-electron chi connectivity index (χ1n) is 6.35. The molecule has 1 N–H and O–H groups in total. The first-order valence-corrected chi connectivity index (χ1v) is 6.35. The summed E-state index contributed by atoms with van der Waals surface area (Å²) in [5.41, 5.74) is 0. The minimum Gasteiger partial charge on any atom is -0.466 e. The van der Waals surface area contributed by atoms with Gasteiger partial charge < -0.3 is 19.5 Å². The second kappa shape index (κ2) is 5.33. The van der Waals surface area contributed by atoms with E-state index in [1.807, 2.05) is 13.8 Å². The maximum absolute atomic E-state index is 11.7. The third-order valence-corrected chi connectivity index (χ3v) is 3.52. The first kappa shape index (κ1) is 12.8. The van der Waals surface area contributed by atoms with Gasteiger partial charge in [-0.05, 0) is 6.92 Å². The smallest absolute Gasteiger partial charge is 0.310 e. The van der Waals surface area contributed by atoms with Crippen LogP contribution in [0.4, 0.5) is 0 Å². The molecule has 98 valence electrons. The highest BCUT2D eigenvalue weighted by Crippen LogP contribution is 2.33. The second-order valence-electron chi connectivity index (χ2n) is 4.66. The molecule has 2 fully saturated rings. The van der Waals surface area contributed by atoms with Gasteiger partial charge in [0.05, 0.1) is 25.7 Å². The molecule has 0 amide bonds. The molecule has 2 saturated heterocycles. The van der Waals surface area contributed by atoms with Crippen LogP contribution in [0.15, 0.2) is 0 Å². The van der Waals surface area contributed by atoms with Gasteiger partial charge in [-0.1, -0.05) is 6.92 Å². The van der Waals surface area contributed by atoms with Crippen LogP contribution in [0, 0.1) is 5.92 Å². The van der Waals surface area contributed by atoms with E-state index in [4.69, 9.17) is 14.2 Å². The van der Waals surface area contributed by atoms with Crippen LogP contribution in [-0.4, -0.2) is 44.2 Å². The highest BCUT2D eigenvalue weighted by atomic mass is 16.7. The Morgan fingerprint density at radius 3 is 2.88 bits per heavy atom. The van der Waals surface area contributed by atoms with Crippen molar-refractivity contribution in [1.29, 1.82) is 0 Å². The molecule has 17 heavy (non-hydrogen) atoms. The van der Waals surface area contributed by atoms with Crippen molar-refractivity contribution in [2.24, 2.45) is 5.92 Å². The normalized spacial score (nSPS) is 29.2. The van der Waals surface area contributed by atoms with Crippen molar-refractivity contribution in [3.8, 4) is 0 Å². The van der Waals surface area contributed by atoms with Crippen LogP contribution >= 0.6 is 0 Å². The summed E-state index contributed by atoms with van der Waals surface area (Å²) in [6.07, 6.45) is 1.56. The molecule has 5 nitrogen and oxygen atoms in total. The van der Waals surface area contributed by atoms with Crippen LogP contribution in [0.5, 0.6) is 0 Å². The summed E-state index contributed by atoms with van der Waals surface area (Å²) < 4.78 is 16.4. The summed E-state index contributed by atoms with van der Waals surface area (Å²) in [7, 11) is 0. The monoisotopic (exact) mass is 243 g/mol. The van der Waals surface area contributed by atoms with E-state index in [1.54, 1.807) is 0 Å². The molecule has 2 aliphatic rings. The Hall–Kier alpha value is -0.650. The van der Waals surface area contributed by atoms with Crippen molar-refractivity contribution in [2.45, 2.75) is 38.5 Å². The number of carbonyl (C=O) groups excluding carboxylic acids is 1. The average Bonchev–Trinajstić information content (AvgIpc) is 2.76. The predicted molar refractivity (Wildman–Crippen MR) is 61.5 cm³/mol. The van der Waals surface area contributed by atoms with Gasteiger partial charge in [-0.2, -0.15) is 0 Å². The molecule has 2 atom stereocenters. The molecule has 2 rings (SSSR count). The Bertz CT molecular complexity index is 276. The van der Waals surface area contributed by atoms with Crippen LogP contribution in [-0.2, 0) is 19.0 Å². The molecule has 0 aliphatic carbocycles. The molecule has 0 saturated carbocycles. The summed E-state index contributed by atoms with van der Waals surface area (Å²) in [4.78, 5) is 11.7. The molecule has 1 spiro atoms. The van der Waals surface area contributed by atoms with Gasteiger partial charge in [-0.3, -0.25) is 4.79 Å². The summed E-state index contributed by atoms with van der Waals surface area (Å²) in [5, 5.41) is 3.35. The van der Waals surface area contributed by atoms with Gasteiger partial charge in [0.2, 0.25) is 0 Å². The molecule has 0 aromatic carbocycles. The van der Waals surface area contributed by atoms with E-state index in [1.165, 1.54) is 0 Å². The fraction of sp³-hybridized carbons (Fsp3) is 0.917. The number of hydrogen-bond donors (Lipinski definition) is 1. The van der Waals surface area contributed by atoms with Crippen LogP contribution in [0.25, 0.3) is 0 Å². The summed E-state index contributed by atoms with van der Waals surface area (Å²) in [5.74, 6) is -0.781. The number of esters is 1. The molecule has 2 heterocycles. The highest BCUT2D eigenvalue weighted by Gasteiger charge is 2.43. The zero-order valence-electron chi connectivity index (χ0n) is 10.5. The second-order valence-corrected chi connectivity index (χ2v) is 4.66. The van der Waals surface area contributed by atoms with Gasteiger partial charge in [0.15, 0.2) is 5.79 Å². The van der Waals surface area contributed by atoms with Crippen LogP contribution < -0.4 is 5.32 Å². The number of hydrogen-bond acceptors (Lipinski definition) is 5. The lowest BCUT2D eigenvalue weighted by molar-refractivity contribution is -0.185. The van der Waals surface area contributed by atoms with Gasteiger partial charge in [0.1, 0.15) is 0 Å². The molecule has 0 bridgehead atoms. The van der Waals surface area contributed by atoms with Crippen molar-refractivity contribution >= 4 is 5.97 Å². The molecular weight excluding hydrogens is 222 g/mol. The van der Waals surface area contributed by atoms with E-state index in [0.29, 0.717) is 26.2 Å². The molecular formula is C12H21NO4. The predicted octanol–water partition coefficient (Wildman–Crippen LogP) is 0.681. The van der Waals surface area contributed by atoms with Crippen LogP contribution in [0.3, 0.4) is 0 Å². The van der Waals surface area contributed by atoms with E-state index in [0.717, 1.165) is 13.0 Å². The minimum absolute atomic E-state index is 0.0703. The standard InChI is InChI=1S/C12H21NO4/c1-3-15-11(14)9(2)10-8-12(4-5-13-10)16-6-7-17-12/h9-10,13H,3-8H2,1-2H3. The van der Waals surface area contributed by atoms with Crippen LogP contribution in [0.1, 0.15) is 26.7 Å². The lowest BCUT2D eigenvalue weighted by Gasteiger charge is -2.38. The maximum Gasteiger partial charge on any atom is 0.310 e. The van der Waals surface area contributed by atoms with Crippen molar-refractivity contribution in [1.82, 2.24) is 5.32 Å². The molecule has 5 heteroatoms. The quantitative estimate of drug-likeness (QED) is 0.739. The Labute approximate surface area is 102 Å². The van der Waals surface area contributed by atoms with Crippen molar-refractivity contribution in [3.05, 3.63) is 0 Å². The van der Waals surface area contributed by atoms with E-state index in [9.17, 15) is 4.79 Å². The lowest BCUT2D eigenvalue weighted by atomic mass is 9.89. The summed E-state index contributed by atoms with van der Waals surface area (Å²) in [6.45, 7) is 6.26. The number of rotatable bonds is 3. The SMILES string of the molecule is CCOC(=O)C(C)C1CC2(CCN1)OCCO2. The average molecular weight is 243 g/mol. The summed E-state index contributed by atoms with van der Waals surface area (Å²) in [6, 6.07) is 0.0703. The fourth-order valence-corrected chi connectivity index (χ4v) is 2.51. The zero-order valence-corrected chi connectivity index (χ0v) is 10.5. The van der Waals surface area contributed by atoms with E-state index in [-0.39, 0.29) is 17.9 Å². The Balaban J connectivity index is 1.94. The maximum atomic E-state index is 11.7. The Kier molecular flexibility index (Phi) is 4.01. The fourth-order valence-electron chi connectivity index (χ4n) is 2.51. The molecule has 0 aromatic heterocycles. The van der Waals surface area contributed by atoms with Gasteiger partial charge >= 0.3 is 5.97 Å². The number of nitrogens with one attached hydrogen (secondary N) is 1. The lowest BCUT2D eigenvalue weighted by Crippen LogP contribution is -2.52. The molecule has 2 aliphatic heterocycles. The topological polar surface area (TPSA) is 56.8 Å². The third-order valence-electron chi connectivity index (χ3n) is 3.52. The zero-order chi connectivity index (χ0) is 12.3. The molecule has 2 unspecified atom stereocenters. The van der Waals surface area contributed by atoms with E-state index < -0.39 is 5.79 Å². The van der Waals surface area contributed by atoms with Crippen molar-refractivity contribution < 1.29 is 19.0 Å². The number of carbonyl (C=O) groups is 1. The number of piperidine rings is 1. The highest BCUT2D eigenvalue weighted by molar-refractivity contribution is 5.72. The minimum atomic E-state index is -0.462. The van der Waals surface area contributed by atoms with E-state index in [2.05, 4.69) is 5.32 Å².